The van der Waals surface area contributed by atoms with E-state index >= 15 is 0 Å². The van der Waals surface area contributed by atoms with Crippen molar-refractivity contribution in [3.8, 4) is 11.5 Å². The Balaban J connectivity index is 1.24. The zero-order valence-corrected chi connectivity index (χ0v) is 24.6. The van der Waals surface area contributed by atoms with E-state index in [1.165, 1.54) is 0 Å². The lowest BCUT2D eigenvalue weighted by molar-refractivity contribution is 0.0175. The van der Waals surface area contributed by atoms with Crippen LogP contribution < -0.4 is 0 Å². The van der Waals surface area contributed by atoms with E-state index in [1.54, 1.807) is 17.2 Å². The van der Waals surface area contributed by atoms with Crippen LogP contribution in [0.3, 0.4) is 0 Å². The molecule has 6 rings (SSSR count). The van der Waals surface area contributed by atoms with Gasteiger partial charge in [0.15, 0.2) is 5.66 Å². The Hall–Kier alpha value is -4.18. The average Bonchev–Trinajstić information content (AvgIpc) is 3.57. The molecule has 2 aliphatic heterocycles. The molecule has 0 aliphatic carbocycles. The predicted molar refractivity (Wildman–Crippen MR) is 162 cm³/mol. The van der Waals surface area contributed by atoms with Gasteiger partial charge in [-0.1, -0.05) is 46.3 Å². The number of fused-ring (bicyclic) bond motifs is 1. The fourth-order valence-corrected chi connectivity index (χ4v) is 5.12. The lowest BCUT2D eigenvalue weighted by Crippen LogP contribution is -2.46. The van der Waals surface area contributed by atoms with Crippen LogP contribution in [0, 0.1) is 0 Å². The smallest absolute Gasteiger partial charge is 0.410 e. The van der Waals surface area contributed by atoms with Gasteiger partial charge in [-0.25, -0.2) is 4.79 Å². The first-order valence-electron chi connectivity index (χ1n) is 13.5. The Morgan fingerprint density at radius 1 is 1.00 bits per heavy atom. The molecule has 1 saturated heterocycles. The van der Waals surface area contributed by atoms with E-state index in [4.69, 9.17) is 19.1 Å². The highest BCUT2D eigenvalue weighted by molar-refractivity contribution is 9.10. The first-order chi connectivity index (χ1) is 19.7. The monoisotopic (exact) mass is 612 g/mol. The van der Waals surface area contributed by atoms with Crippen LogP contribution in [0.4, 0.5) is 4.79 Å². The SMILES string of the molecule is CC(C)(C)OC(=O)N1CCC2(CC1)N=C(/C=C/c1nnc(-c3cnc4ccccc4c3)o1)C(c1ccc(Br)cc1)=N2. The number of hydrogen-bond acceptors (Lipinski definition) is 8. The molecule has 2 aliphatic rings. The van der Waals surface area contributed by atoms with Gasteiger partial charge in [0, 0.05) is 53.6 Å². The number of nitrogens with zero attached hydrogens (tertiary/aromatic N) is 6. The average molecular weight is 614 g/mol. The number of aliphatic imine (C=N–C) groups is 2. The van der Waals surface area contributed by atoms with Crippen molar-refractivity contribution < 1.29 is 13.9 Å². The highest BCUT2D eigenvalue weighted by atomic mass is 79.9. The van der Waals surface area contributed by atoms with Gasteiger partial charge in [-0.2, -0.15) is 0 Å². The van der Waals surface area contributed by atoms with Crippen molar-refractivity contribution in [2.24, 2.45) is 9.98 Å². The zero-order chi connectivity index (χ0) is 28.6. The largest absolute Gasteiger partial charge is 0.444 e. The van der Waals surface area contributed by atoms with E-state index in [2.05, 4.69) is 31.1 Å². The number of rotatable bonds is 4. The van der Waals surface area contributed by atoms with Crippen molar-refractivity contribution in [3.63, 3.8) is 0 Å². The van der Waals surface area contributed by atoms with Crippen LogP contribution in [0.25, 0.3) is 28.4 Å². The number of pyridine rings is 1. The number of ether oxygens (including phenoxy) is 1. The first-order valence-corrected chi connectivity index (χ1v) is 14.3. The molecule has 1 amide bonds. The van der Waals surface area contributed by atoms with Crippen LogP contribution in [0.2, 0.25) is 0 Å². The van der Waals surface area contributed by atoms with Gasteiger partial charge in [0.2, 0.25) is 11.8 Å². The molecule has 9 nitrogen and oxygen atoms in total. The molecule has 0 N–H and O–H groups in total. The number of carbonyl (C=O) groups excluding carboxylic acids is 1. The van der Waals surface area contributed by atoms with Crippen molar-refractivity contribution in [2.45, 2.75) is 44.9 Å². The molecule has 0 atom stereocenters. The number of amides is 1. The number of carbonyl (C=O) groups is 1. The molecule has 2 aromatic carbocycles. The molecule has 1 fully saturated rings. The third-order valence-electron chi connectivity index (χ3n) is 6.89. The van der Waals surface area contributed by atoms with Gasteiger partial charge in [-0.15, -0.1) is 10.2 Å². The summed E-state index contributed by atoms with van der Waals surface area (Å²) in [6.07, 6.45) is 6.25. The Kier molecular flexibility index (Phi) is 7.03. The molecule has 4 heterocycles. The molecule has 0 radical (unpaired) electrons. The maximum atomic E-state index is 12.6. The van der Waals surface area contributed by atoms with Crippen LogP contribution in [0.1, 0.15) is 45.1 Å². The van der Waals surface area contributed by atoms with Gasteiger partial charge in [0.05, 0.1) is 22.5 Å². The van der Waals surface area contributed by atoms with Crippen molar-refractivity contribution in [2.75, 3.05) is 13.1 Å². The number of allylic oxidation sites excluding steroid dienone is 1. The molecule has 0 saturated carbocycles. The molecule has 208 valence electrons. The van der Waals surface area contributed by atoms with Gasteiger partial charge >= 0.3 is 6.09 Å². The van der Waals surface area contributed by atoms with Crippen molar-refractivity contribution in [1.82, 2.24) is 20.1 Å². The summed E-state index contributed by atoms with van der Waals surface area (Å²) in [5, 5.41) is 9.44. The first kappa shape index (κ1) is 27.0. The summed E-state index contributed by atoms with van der Waals surface area (Å²) in [7, 11) is 0. The van der Waals surface area contributed by atoms with Gasteiger partial charge in [0.25, 0.3) is 0 Å². The predicted octanol–water partition coefficient (Wildman–Crippen LogP) is 6.73. The molecule has 4 aromatic rings. The number of halogens is 1. The second kappa shape index (κ2) is 10.7. The minimum Gasteiger partial charge on any atom is -0.444 e. The van der Waals surface area contributed by atoms with E-state index in [0.29, 0.717) is 37.7 Å². The third-order valence-corrected chi connectivity index (χ3v) is 7.42. The Labute approximate surface area is 246 Å². The van der Waals surface area contributed by atoms with Crippen LogP contribution in [-0.4, -0.2) is 62.0 Å². The van der Waals surface area contributed by atoms with E-state index in [1.807, 2.05) is 81.4 Å². The third kappa shape index (κ3) is 5.97. The Morgan fingerprint density at radius 2 is 1.76 bits per heavy atom. The summed E-state index contributed by atoms with van der Waals surface area (Å²) in [6, 6.07) is 17.9. The minimum absolute atomic E-state index is 0.305. The summed E-state index contributed by atoms with van der Waals surface area (Å²) in [6.45, 7) is 6.64. The quantitative estimate of drug-likeness (QED) is 0.253. The number of aromatic nitrogens is 3. The fraction of sp³-hybridized carbons (Fsp3) is 0.290. The maximum absolute atomic E-state index is 12.6. The molecule has 0 bridgehead atoms. The summed E-state index contributed by atoms with van der Waals surface area (Å²) >= 11 is 3.51. The van der Waals surface area contributed by atoms with Crippen molar-refractivity contribution >= 4 is 50.4 Å². The molecular weight excluding hydrogens is 584 g/mol. The number of hydrogen-bond donors (Lipinski definition) is 0. The fourth-order valence-electron chi connectivity index (χ4n) is 4.86. The van der Waals surface area contributed by atoms with E-state index in [0.717, 1.165) is 37.9 Å². The minimum atomic E-state index is -0.642. The zero-order valence-electron chi connectivity index (χ0n) is 23.0. The summed E-state index contributed by atoms with van der Waals surface area (Å²) in [5.74, 6) is 0.746. The molecule has 0 unspecified atom stereocenters. The summed E-state index contributed by atoms with van der Waals surface area (Å²) in [4.78, 5) is 29.0. The highest BCUT2D eigenvalue weighted by Crippen LogP contribution is 2.34. The lowest BCUT2D eigenvalue weighted by atomic mass is 9.99. The van der Waals surface area contributed by atoms with Crippen LogP contribution in [-0.2, 0) is 4.74 Å². The maximum Gasteiger partial charge on any atom is 0.410 e. The van der Waals surface area contributed by atoms with E-state index < -0.39 is 11.3 Å². The normalized spacial score (nSPS) is 16.8. The number of benzene rings is 2. The molecule has 2 aromatic heterocycles. The number of likely N-dealkylation sites (tertiary alicyclic amines) is 1. The number of piperidine rings is 1. The van der Waals surface area contributed by atoms with Crippen molar-refractivity contribution in [1.29, 1.82) is 0 Å². The standard InChI is InChI=1S/C31H29BrN6O3/c1-30(2,3)41-29(39)38-16-14-31(15-17-38)34-25(27(35-31)20-8-10-23(32)11-9-20)12-13-26-36-37-28(40-26)22-18-21-6-4-5-7-24(21)33-19-22/h4-13,18-19H,14-17H2,1-3H3/b13-12+. The molecular formula is C31H29BrN6O3. The molecule has 10 heteroatoms. The van der Waals surface area contributed by atoms with Gasteiger partial charge < -0.3 is 14.1 Å². The highest BCUT2D eigenvalue weighted by Gasteiger charge is 2.40. The van der Waals surface area contributed by atoms with Crippen LogP contribution >= 0.6 is 15.9 Å². The Morgan fingerprint density at radius 3 is 2.51 bits per heavy atom. The van der Waals surface area contributed by atoms with Gasteiger partial charge in [-0.3, -0.25) is 15.0 Å². The van der Waals surface area contributed by atoms with Gasteiger partial charge in [0.1, 0.15) is 5.60 Å². The van der Waals surface area contributed by atoms with Crippen LogP contribution in [0.5, 0.6) is 0 Å². The lowest BCUT2D eigenvalue weighted by Gasteiger charge is -2.36. The topological polar surface area (TPSA) is 106 Å². The van der Waals surface area contributed by atoms with E-state index in [9.17, 15) is 4.79 Å². The van der Waals surface area contributed by atoms with Gasteiger partial charge in [-0.05, 0) is 51.1 Å². The molecule has 41 heavy (non-hydrogen) atoms. The van der Waals surface area contributed by atoms with Crippen LogP contribution in [0.15, 0.2) is 85.7 Å². The van der Waals surface area contributed by atoms with E-state index in [-0.39, 0.29) is 6.09 Å². The Bertz CT molecular complexity index is 1690. The summed E-state index contributed by atoms with van der Waals surface area (Å²) < 4.78 is 12.5. The second-order valence-electron chi connectivity index (χ2n) is 11.1. The molecule has 1 spiro atoms. The second-order valence-corrected chi connectivity index (χ2v) is 12.0. The van der Waals surface area contributed by atoms with Crippen molar-refractivity contribution in [3.05, 3.63) is 82.8 Å². The summed E-state index contributed by atoms with van der Waals surface area (Å²) in [5.41, 5.74) is 2.95. The number of para-hydroxylation sites is 1.